The van der Waals surface area contributed by atoms with Gasteiger partial charge in [-0.1, -0.05) is 55.8 Å². The van der Waals surface area contributed by atoms with Crippen molar-refractivity contribution in [2.75, 3.05) is 6.61 Å². The predicted octanol–water partition coefficient (Wildman–Crippen LogP) is 6.36. The Morgan fingerprint density at radius 2 is 1.71 bits per heavy atom. The van der Waals surface area contributed by atoms with Gasteiger partial charge in [-0.3, -0.25) is 0 Å². The molecule has 2 aromatic rings. The van der Waals surface area contributed by atoms with Crippen molar-refractivity contribution in [3.05, 3.63) is 59.2 Å². The second kappa shape index (κ2) is 9.64. The highest BCUT2D eigenvalue weighted by Gasteiger charge is 2.09. The van der Waals surface area contributed by atoms with Crippen LogP contribution < -0.4 is 0 Å². The van der Waals surface area contributed by atoms with E-state index in [9.17, 15) is 0 Å². The Balaban J connectivity index is 2.20. The van der Waals surface area contributed by atoms with E-state index >= 15 is 0 Å². The molecule has 2 rings (SSSR count). The molecule has 2 aromatic carbocycles. The van der Waals surface area contributed by atoms with Gasteiger partial charge in [-0.05, 0) is 74.3 Å². The molecule has 0 unspecified atom stereocenters. The SMILES string of the molecule is CCCCc1ccc(CCCOC(C)C)cc1-c1ccccc1C. The molecule has 0 atom stereocenters. The first kappa shape index (κ1) is 18.7. The quantitative estimate of drug-likeness (QED) is 0.487. The Labute approximate surface area is 148 Å². The van der Waals surface area contributed by atoms with Gasteiger partial charge in [0.05, 0.1) is 6.10 Å². The number of benzene rings is 2. The summed E-state index contributed by atoms with van der Waals surface area (Å²) in [5.74, 6) is 0. The maximum Gasteiger partial charge on any atom is 0.0518 e. The molecule has 0 saturated heterocycles. The standard InChI is InChI=1S/C23H32O/c1-5-6-12-21-15-14-20(11-9-16-24-18(2)3)17-23(21)22-13-8-7-10-19(22)4/h7-8,10,13-15,17-18H,5-6,9,11-12,16H2,1-4H3. The summed E-state index contributed by atoms with van der Waals surface area (Å²) in [4.78, 5) is 0. The highest BCUT2D eigenvalue weighted by molar-refractivity contribution is 5.71. The van der Waals surface area contributed by atoms with Gasteiger partial charge < -0.3 is 4.74 Å². The van der Waals surface area contributed by atoms with E-state index in [1.807, 2.05) is 0 Å². The van der Waals surface area contributed by atoms with E-state index in [-0.39, 0.29) is 0 Å². The topological polar surface area (TPSA) is 9.23 Å². The van der Waals surface area contributed by atoms with Crippen molar-refractivity contribution in [2.24, 2.45) is 0 Å². The lowest BCUT2D eigenvalue weighted by atomic mass is 9.91. The van der Waals surface area contributed by atoms with Crippen LogP contribution >= 0.6 is 0 Å². The van der Waals surface area contributed by atoms with Crippen LogP contribution in [0.25, 0.3) is 11.1 Å². The average Bonchev–Trinajstić information content (AvgIpc) is 2.57. The second-order valence-corrected chi connectivity index (χ2v) is 6.93. The van der Waals surface area contributed by atoms with Crippen LogP contribution in [0.2, 0.25) is 0 Å². The fraction of sp³-hybridized carbons (Fsp3) is 0.478. The van der Waals surface area contributed by atoms with E-state index in [0.29, 0.717) is 6.10 Å². The van der Waals surface area contributed by atoms with Gasteiger partial charge in [-0.15, -0.1) is 0 Å². The Morgan fingerprint density at radius 3 is 2.42 bits per heavy atom. The number of aryl methyl sites for hydroxylation is 3. The van der Waals surface area contributed by atoms with Crippen LogP contribution in [-0.4, -0.2) is 12.7 Å². The molecule has 0 aliphatic heterocycles. The van der Waals surface area contributed by atoms with E-state index in [0.717, 1.165) is 25.9 Å². The largest absolute Gasteiger partial charge is 0.379 e. The molecule has 1 nitrogen and oxygen atoms in total. The number of hydrogen-bond donors (Lipinski definition) is 0. The third-order valence-electron chi connectivity index (χ3n) is 4.47. The van der Waals surface area contributed by atoms with Crippen molar-refractivity contribution in [1.82, 2.24) is 0 Å². The van der Waals surface area contributed by atoms with E-state index < -0.39 is 0 Å². The number of hydrogen-bond acceptors (Lipinski definition) is 1. The summed E-state index contributed by atoms with van der Waals surface area (Å²) in [6.45, 7) is 9.51. The average molecular weight is 325 g/mol. The summed E-state index contributed by atoms with van der Waals surface area (Å²) in [6.07, 6.45) is 6.14. The van der Waals surface area contributed by atoms with Crippen LogP contribution in [0.1, 0.15) is 56.7 Å². The first-order chi connectivity index (χ1) is 11.6. The van der Waals surface area contributed by atoms with E-state index in [4.69, 9.17) is 4.74 Å². The predicted molar refractivity (Wildman–Crippen MR) is 105 cm³/mol. The summed E-state index contributed by atoms with van der Waals surface area (Å²) in [5.41, 5.74) is 7.05. The second-order valence-electron chi connectivity index (χ2n) is 6.93. The summed E-state index contributed by atoms with van der Waals surface area (Å²) in [5, 5.41) is 0. The fourth-order valence-corrected chi connectivity index (χ4v) is 3.09. The van der Waals surface area contributed by atoms with Crippen molar-refractivity contribution in [2.45, 2.75) is 65.9 Å². The first-order valence-corrected chi connectivity index (χ1v) is 9.41. The molecule has 0 saturated carbocycles. The third kappa shape index (κ3) is 5.49. The van der Waals surface area contributed by atoms with Crippen LogP contribution in [0.5, 0.6) is 0 Å². The van der Waals surface area contributed by atoms with E-state index in [1.54, 1.807) is 0 Å². The number of unbranched alkanes of at least 4 members (excludes halogenated alkanes) is 1. The van der Waals surface area contributed by atoms with Crippen molar-refractivity contribution in [3.63, 3.8) is 0 Å². The smallest absolute Gasteiger partial charge is 0.0518 e. The van der Waals surface area contributed by atoms with Crippen molar-refractivity contribution in [3.8, 4) is 11.1 Å². The molecule has 0 bridgehead atoms. The lowest BCUT2D eigenvalue weighted by Gasteiger charge is -2.14. The van der Waals surface area contributed by atoms with Crippen molar-refractivity contribution in [1.29, 1.82) is 0 Å². The van der Waals surface area contributed by atoms with Gasteiger partial charge in [0.15, 0.2) is 0 Å². The summed E-state index contributed by atoms with van der Waals surface area (Å²) in [7, 11) is 0. The molecule has 0 aliphatic rings. The molecule has 0 N–H and O–H groups in total. The summed E-state index contributed by atoms with van der Waals surface area (Å²) < 4.78 is 5.67. The van der Waals surface area contributed by atoms with Crippen LogP contribution in [0, 0.1) is 6.92 Å². The highest BCUT2D eigenvalue weighted by atomic mass is 16.5. The van der Waals surface area contributed by atoms with Gasteiger partial charge in [0.25, 0.3) is 0 Å². The Kier molecular flexibility index (Phi) is 7.52. The number of ether oxygens (including phenoxy) is 1. The minimum Gasteiger partial charge on any atom is -0.379 e. The lowest BCUT2D eigenvalue weighted by Crippen LogP contribution is -2.04. The van der Waals surface area contributed by atoms with Gasteiger partial charge >= 0.3 is 0 Å². The van der Waals surface area contributed by atoms with Crippen LogP contribution in [0.3, 0.4) is 0 Å². The molecule has 0 aromatic heterocycles. The van der Waals surface area contributed by atoms with Gasteiger partial charge in [0, 0.05) is 6.61 Å². The van der Waals surface area contributed by atoms with Crippen LogP contribution in [-0.2, 0) is 17.6 Å². The van der Waals surface area contributed by atoms with Crippen LogP contribution in [0.4, 0.5) is 0 Å². The van der Waals surface area contributed by atoms with Crippen molar-refractivity contribution >= 4 is 0 Å². The fourth-order valence-electron chi connectivity index (χ4n) is 3.09. The minimum absolute atomic E-state index is 0.323. The maximum atomic E-state index is 5.67. The zero-order valence-corrected chi connectivity index (χ0v) is 15.8. The van der Waals surface area contributed by atoms with Gasteiger partial charge in [0.1, 0.15) is 0 Å². The highest BCUT2D eigenvalue weighted by Crippen LogP contribution is 2.29. The first-order valence-electron chi connectivity index (χ1n) is 9.41. The molecule has 0 fully saturated rings. The molecule has 24 heavy (non-hydrogen) atoms. The normalized spacial score (nSPS) is 11.2. The zero-order chi connectivity index (χ0) is 17.4. The molecule has 0 spiro atoms. The van der Waals surface area contributed by atoms with Gasteiger partial charge in [-0.2, -0.15) is 0 Å². The van der Waals surface area contributed by atoms with E-state index in [1.165, 1.54) is 40.7 Å². The zero-order valence-electron chi connectivity index (χ0n) is 15.8. The molecule has 130 valence electrons. The van der Waals surface area contributed by atoms with Gasteiger partial charge in [0.2, 0.25) is 0 Å². The summed E-state index contributed by atoms with van der Waals surface area (Å²) in [6, 6.07) is 15.8. The molecular weight excluding hydrogens is 292 g/mol. The van der Waals surface area contributed by atoms with Crippen LogP contribution in [0.15, 0.2) is 42.5 Å². The summed E-state index contributed by atoms with van der Waals surface area (Å²) >= 11 is 0. The monoisotopic (exact) mass is 324 g/mol. The molecule has 0 radical (unpaired) electrons. The Bertz CT molecular complexity index is 628. The minimum atomic E-state index is 0.323. The van der Waals surface area contributed by atoms with E-state index in [2.05, 4.69) is 70.2 Å². The lowest BCUT2D eigenvalue weighted by molar-refractivity contribution is 0.0772. The molecule has 0 amide bonds. The Morgan fingerprint density at radius 1 is 0.917 bits per heavy atom. The number of rotatable bonds is 9. The van der Waals surface area contributed by atoms with Crippen molar-refractivity contribution < 1.29 is 4.74 Å². The molecule has 0 heterocycles. The molecule has 1 heteroatoms. The Hall–Kier alpha value is -1.60. The molecule has 0 aliphatic carbocycles. The third-order valence-corrected chi connectivity index (χ3v) is 4.47. The van der Waals surface area contributed by atoms with Gasteiger partial charge in [-0.25, -0.2) is 0 Å². The molecular formula is C23H32O. The maximum absolute atomic E-state index is 5.67.